The Labute approximate surface area is 120 Å². The van der Waals surface area contributed by atoms with Gasteiger partial charge in [0.05, 0.1) is 23.4 Å². The fraction of sp³-hybridized carbons (Fsp3) is 0.273. The topological polar surface area (TPSA) is 110 Å². The van der Waals surface area contributed by atoms with Gasteiger partial charge in [0.15, 0.2) is 5.25 Å². The Morgan fingerprint density at radius 1 is 1.40 bits per heavy atom. The minimum atomic E-state index is -4.09. The van der Waals surface area contributed by atoms with Gasteiger partial charge in [-0.3, -0.25) is 9.52 Å². The average Bonchev–Trinajstić information content (AvgIpc) is 2.38. The molecule has 1 aromatic rings. The summed E-state index contributed by atoms with van der Waals surface area (Å²) in [6.07, 6.45) is 0. The van der Waals surface area contributed by atoms with E-state index in [4.69, 9.17) is 16.7 Å². The number of carboxylic acid groups (broad SMARTS) is 1. The van der Waals surface area contributed by atoms with Crippen LogP contribution in [0.4, 0.5) is 5.69 Å². The normalized spacial score (nSPS) is 12.6. The van der Waals surface area contributed by atoms with E-state index in [2.05, 4.69) is 9.46 Å². The third-order valence-electron chi connectivity index (χ3n) is 2.46. The number of ether oxygens (including phenoxy) is 1. The number of hydrogen-bond donors (Lipinski definition) is 2. The summed E-state index contributed by atoms with van der Waals surface area (Å²) >= 11 is 5.79. The van der Waals surface area contributed by atoms with Gasteiger partial charge in [0.25, 0.3) is 0 Å². The number of aromatic carboxylic acids is 1. The lowest BCUT2D eigenvalue weighted by atomic mass is 10.2. The monoisotopic (exact) mass is 321 g/mol. The molecular formula is C11H12ClNO6S. The van der Waals surface area contributed by atoms with E-state index >= 15 is 0 Å². The minimum absolute atomic E-state index is 0.00985. The molecule has 0 fully saturated rings. The Kier molecular flexibility index (Phi) is 4.96. The van der Waals surface area contributed by atoms with E-state index < -0.39 is 27.2 Å². The van der Waals surface area contributed by atoms with E-state index in [-0.39, 0.29) is 16.3 Å². The summed E-state index contributed by atoms with van der Waals surface area (Å²) in [6, 6.07) is 3.53. The summed E-state index contributed by atoms with van der Waals surface area (Å²) < 4.78 is 30.2. The highest BCUT2D eigenvalue weighted by Gasteiger charge is 2.29. The number of carbonyl (C=O) groups excluding carboxylic acids is 1. The van der Waals surface area contributed by atoms with Gasteiger partial charge in [-0.1, -0.05) is 11.6 Å². The maximum atomic E-state index is 11.9. The molecular weight excluding hydrogens is 310 g/mol. The molecule has 0 aromatic heterocycles. The number of carbonyl (C=O) groups is 2. The fourth-order valence-electron chi connectivity index (χ4n) is 1.27. The molecule has 1 rings (SSSR count). The second kappa shape index (κ2) is 6.10. The number of nitrogens with one attached hydrogen (secondary N) is 1. The van der Waals surface area contributed by atoms with Crippen LogP contribution in [-0.4, -0.2) is 37.8 Å². The van der Waals surface area contributed by atoms with Crippen molar-refractivity contribution in [2.24, 2.45) is 0 Å². The lowest BCUT2D eigenvalue weighted by Crippen LogP contribution is -2.33. The first-order chi connectivity index (χ1) is 9.19. The van der Waals surface area contributed by atoms with Crippen LogP contribution < -0.4 is 4.72 Å². The van der Waals surface area contributed by atoms with Gasteiger partial charge in [-0.2, -0.15) is 0 Å². The van der Waals surface area contributed by atoms with Crippen molar-refractivity contribution in [3.05, 3.63) is 28.8 Å². The second-order valence-corrected chi connectivity index (χ2v) is 6.22. The zero-order valence-electron chi connectivity index (χ0n) is 10.6. The first-order valence-corrected chi connectivity index (χ1v) is 7.23. The SMILES string of the molecule is COC(=O)C(C)S(=O)(=O)Nc1cc(C(=O)O)ccc1Cl. The maximum Gasteiger partial charge on any atom is 0.335 e. The zero-order chi connectivity index (χ0) is 15.5. The number of rotatable bonds is 5. The van der Waals surface area contributed by atoms with E-state index in [9.17, 15) is 18.0 Å². The Balaban J connectivity index is 3.12. The summed E-state index contributed by atoms with van der Waals surface area (Å²) in [7, 11) is -3.03. The number of benzene rings is 1. The first kappa shape index (κ1) is 16.3. The maximum absolute atomic E-state index is 11.9. The molecule has 0 heterocycles. The van der Waals surface area contributed by atoms with Gasteiger partial charge in [-0.05, 0) is 25.1 Å². The van der Waals surface area contributed by atoms with E-state index in [1.807, 2.05) is 0 Å². The van der Waals surface area contributed by atoms with E-state index in [0.717, 1.165) is 20.1 Å². The van der Waals surface area contributed by atoms with Gasteiger partial charge >= 0.3 is 11.9 Å². The molecule has 2 N–H and O–H groups in total. The van der Waals surface area contributed by atoms with Crippen LogP contribution in [0.15, 0.2) is 18.2 Å². The predicted molar refractivity (Wildman–Crippen MR) is 72.4 cm³/mol. The van der Waals surface area contributed by atoms with Gasteiger partial charge < -0.3 is 9.84 Å². The van der Waals surface area contributed by atoms with E-state index in [1.54, 1.807) is 0 Å². The third-order valence-corrected chi connectivity index (χ3v) is 4.42. The Morgan fingerprint density at radius 3 is 2.50 bits per heavy atom. The standard InChI is InChI=1S/C11H12ClNO6S/c1-6(11(16)19-2)20(17,18)13-9-5-7(10(14)15)3-4-8(9)12/h3-6,13H,1-2H3,(H,14,15). The molecule has 0 saturated carbocycles. The van der Waals surface area contributed by atoms with Crippen molar-refractivity contribution >= 4 is 39.3 Å². The van der Waals surface area contributed by atoms with Crippen LogP contribution in [0.25, 0.3) is 0 Å². The number of esters is 1. The highest BCUT2D eigenvalue weighted by molar-refractivity contribution is 7.94. The number of anilines is 1. The summed E-state index contributed by atoms with van der Waals surface area (Å²) in [5.41, 5.74) is -0.264. The first-order valence-electron chi connectivity index (χ1n) is 5.31. The van der Waals surface area contributed by atoms with Crippen LogP contribution >= 0.6 is 11.6 Å². The molecule has 110 valence electrons. The molecule has 0 saturated heterocycles. The van der Waals surface area contributed by atoms with E-state index in [0.29, 0.717) is 0 Å². The quantitative estimate of drug-likeness (QED) is 0.792. The third kappa shape index (κ3) is 3.61. The number of sulfonamides is 1. The highest BCUT2D eigenvalue weighted by atomic mass is 35.5. The molecule has 20 heavy (non-hydrogen) atoms. The highest BCUT2D eigenvalue weighted by Crippen LogP contribution is 2.25. The summed E-state index contributed by atoms with van der Waals surface area (Å²) in [5.74, 6) is -2.17. The van der Waals surface area contributed by atoms with Crippen molar-refractivity contribution in [3.8, 4) is 0 Å². The molecule has 0 radical (unpaired) electrons. The molecule has 1 atom stereocenters. The summed E-state index contributed by atoms with van der Waals surface area (Å²) in [4.78, 5) is 22.1. The predicted octanol–water partition coefficient (Wildman–Crippen LogP) is 1.34. The van der Waals surface area contributed by atoms with Crippen LogP contribution in [0, 0.1) is 0 Å². The molecule has 0 spiro atoms. The summed E-state index contributed by atoms with van der Waals surface area (Å²) in [5, 5.41) is 7.39. The smallest absolute Gasteiger partial charge is 0.335 e. The van der Waals surface area contributed by atoms with Crippen molar-refractivity contribution in [2.75, 3.05) is 11.8 Å². The van der Waals surface area contributed by atoms with Crippen molar-refractivity contribution in [1.82, 2.24) is 0 Å². The molecule has 1 unspecified atom stereocenters. The van der Waals surface area contributed by atoms with Gasteiger partial charge in [0.1, 0.15) is 0 Å². The lowest BCUT2D eigenvalue weighted by molar-refractivity contribution is -0.139. The second-order valence-electron chi connectivity index (χ2n) is 3.81. The van der Waals surface area contributed by atoms with Crippen molar-refractivity contribution in [3.63, 3.8) is 0 Å². The Hall–Kier alpha value is -1.80. The van der Waals surface area contributed by atoms with Crippen molar-refractivity contribution in [1.29, 1.82) is 0 Å². The molecule has 0 bridgehead atoms. The molecule has 7 nitrogen and oxygen atoms in total. The lowest BCUT2D eigenvalue weighted by Gasteiger charge is -2.14. The largest absolute Gasteiger partial charge is 0.478 e. The molecule has 1 aromatic carbocycles. The average molecular weight is 322 g/mol. The van der Waals surface area contributed by atoms with Crippen LogP contribution in [0.2, 0.25) is 5.02 Å². The van der Waals surface area contributed by atoms with Crippen LogP contribution in [-0.2, 0) is 19.6 Å². The number of halogens is 1. The van der Waals surface area contributed by atoms with E-state index in [1.165, 1.54) is 12.1 Å². The minimum Gasteiger partial charge on any atom is -0.478 e. The number of carboxylic acids is 1. The Morgan fingerprint density at radius 2 is 2.00 bits per heavy atom. The van der Waals surface area contributed by atoms with Crippen LogP contribution in [0.5, 0.6) is 0 Å². The fourth-order valence-corrected chi connectivity index (χ4v) is 2.49. The van der Waals surface area contributed by atoms with Crippen LogP contribution in [0.1, 0.15) is 17.3 Å². The van der Waals surface area contributed by atoms with Gasteiger partial charge in [0, 0.05) is 0 Å². The zero-order valence-corrected chi connectivity index (χ0v) is 12.2. The van der Waals surface area contributed by atoms with Crippen molar-refractivity contribution < 1.29 is 27.9 Å². The van der Waals surface area contributed by atoms with Gasteiger partial charge in [-0.25, -0.2) is 13.2 Å². The summed E-state index contributed by atoms with van der Waals surface area (Å²) in [6.45, 7) is 1.14. The number of hydrogen-bond acceptors (Lipinski definition) is 5. The molecule has 0 aliphatic heterocycles. The molecule has 0 aliphatic rings. The molecule has 0 aliphatic carbocycles. The number of methoxy groups -OCH3 is 1. The van der Waals surface area contributed by atoms with Crippen molar-refractivity contribution in [2.45, 2.75) is 12.2 Å². The molecule has 0 amide bonds. The Bertz CT molecular complexity index is 642. The van der Waals surface area contributed by atoms with Crippen LogP contribution in [0.3, 0.4) is 0 Å². The van der Waals surface area contributed by atoms with Gasteiger partial charge in [0.2, 0.25) is 10.0 Å². The molecule has 9 heteroatoms. The van der Waals surface area contributed by atoms with Gasteiger partial charge in [-0.15, -0.1) is 0 Å².